The van der Waals surface area contributed by atoms with Crippen molar-refractivity contribution in [3.63, 3.8) is 0 Å². The molecule has 1 N–H and O–H groups in total. The second-order valence-corrected chi connectivity index (χ2v) is 3.17. The zero-order valence-corrected chi connectivity index (χ0v) is 7.63. The molecule has 5 heteroatoms. The third-order valence-corrected chi connectivity index (χ3v) is 1.38. The second kappa shape index (κ2) is 5.33. The van der Waals surface area contributed by atoms with Crippen molar-refractivity contribution in [3.05, 3.63) is 0 Å². The van der Waals surface area contributed by atoms with E-state index >= 15 is 0 Å². The first-order valence-electron chi connectivity index (χ1n) is 2.30. The molecule has 0 atom stereocenters. The lowest BCUT2D eigenvalue weighted by atomic mass is 10.6. The number of alkyl halides is 3. The monoisotopic (exact) mass is 233 g/mol. The molecular formula is C4H6BrCl2NO. The fraction of sp³-hybridized carbons (Fsp3) is 0.750. The van der Waals surface area contributed by atoms with E-state index in [9.17, 15) is 4.79 Å². The maximum atomic E-state index is 10.5. The molecule has 0 saturated heterocycles. The molecule has 0 bridgehead atoms. The molecule has 9 heavy (non-hydrogen) atoms. The van der Waals surface area contributed by atoms with Crippen molar-refractivity contribution in [1.29, 1.82) is 0 Å². The molecule has 0 fully saturated rings. The van der Waals surface area contributed by atoms with E-state index in [1.54, 1.807) is 0 Å². The molecule has 0 unspecified atom stereocenters. The Kier molecular flexibility index (Phi) is 5.64. The Morgan fingerprint density at radius 1 is 1.67 bits per heavy atom. The van der Waals surface area contributed by atoms with Crippen LogP contribution >= 0.6 is 39.1 Å². The van der Waals surface area contributed by atoms with Crippen molar-refractivity contribution in [2.45, 2.75) is 4.84 Å². The summed E-state index contributed by atoms with van der Waals surface area (Å²) in [7, 11) is 0. The first-order chi connectivity index (χ1) is 4.18. The van der Waals surface area contributed by atoms with E-state index in [1.165, 1.54) is 0 Å². The third kappa shape index (κ3) is 5.00. The highest BCUT2D eigenvalue weighted by Gasteiger charge is 2.08. The van der Waals surface area contributed by atoms with Gasteiger partial charge in [-0.15, -0.1) is 0 Å². The molecule has 0 radical (unpaired) electrons. The fourth-order valence-corrected chi connectivity index (χ4v) is 0.600. The van der Waals surface area contributed by atoms with Gasteiger partial charge in [0.15, 0.2) is 4.84 Å². The summed E-state index contributed by atoms with van der Waals surface area (Å²) in [4.78, 5) is 9.55. The van der Waals surface area contributed by atoms with Gasteiger partial charge in [-0.05, 0) is 0 Å². The molecule has 1 amide bonds. The zero-order chi connectivity index (χ0) is 7.28. The summed E-state index contributed by atoms with van der Waals surface area (Å²) in [5, 5.41) is 3.19. The van der Waals surface area contributed by atoms with Gasteiger partial charge in [0.05, 0.1) is 0 Å². The van der Waals surface area contributed by atoms with E-state index in [1.807, 2.05) is 0 Å². The van der Waals surface area contributed by atoms with E-state index in [-0.39, 0.29) is 5.91 Å². The van der Waals surface area contributed by atoms with Gasteiger partial charge in [0.25, 0.3) is 5.91 Å². The molecule has 0 heterocycles. The summed E-state index contributed by atoms with van der Waals surface area (Å²) in [6.07, 6.45) is 0. The van der Waals surface area contributed by atoms with Crippen LogP contribution in [0.2, 0.25) is 0 Å². The Labute approximate surface area is 72.0 Å². The van der Waals surface area contributed by atoms with Crippen LogP contribution in [0.3, 0.4) is 0 Å². The summed E-state index contributed by atoms with van der Waals surface area (Å²) >= 11 is 13.5. The number of halogens is 3. The molecule has 2 nitrogen and oxygen atoms in total. The van der Waals surface area contributed by atoms with Gasteiger partial charge in [0.1, 0.15) is 0 Å². The van der Waals surface area contributed by atoms with E-state index < -0.39 is 4.84 Å². The van der Waals surface area contributed by atoms with Gasteiger partial charge in [-0.2, -0.15) is 0 Å². The van der Waals surface area contributed by atoms with E-state index in [0.29, 0.717) is 11.9 Å². The number of hydrogen-bond acceptors (Lipinski definition) is 1. The van der Waals surface area contributed by atoms with Crippen LogP contribution in [-0.4, -0.2) is 22.6 Å². The topological polar surface area (TPSA) is 29.1 Å². The molecule has 0 aromatic carbocycles. The highest BCUT2D eigenvalue weighted by Crippen LogP contribution is 1.99. The van der Waals surface area contributed by atoms with Crippen LogP contribution in [0.5, 0.6) is 0 Å². The molecule has 0 aromatic heterocycles. The normalized spacial score (nSPS) is 9.78. The lowest BCUT2D eigenvalue weighted by Crippen LogP contribution is -2.29. The molecule has 0 aromatic rings. The van der Waals surface area contributed by atoms with Crippen molar-refractivity contribution >= 4 is 45.0 Å². The van der Waals surface area contributed by atoms with Gasteiger partial charge in [0.2, 0.25) is 0 Å². The number of carbonyl (C=O) groups excluding carboxylic acids is 1. The molecule has 0 aliphatic carbocycles. The first kappa shape index (κ1) is 9.53. The predicted octanol–water partition coefficient (Wildman–Crippen LogP) is 1.30. The average Bonchev–Trinajstić information content (AvgIpc) is 1.82. The number of amides is 1. The third-order valence-electron chi connectivity index (χ3n) is 0.592. The lowest BCUT2D eigenvalue weighted by molar-refractivity contribution is -0.119. The van der Waals surface area contributed by atoms with Gasteiger partial charge in [-0.3, -0.25) is 4.79 Å². The molecule has 0 spiro atoms. The maximum Gasteiger partial charge on any atom is 0.253 e. The van der Waals surface area contributed by atoms with Crippen molar-refractivity contribution in [2.24, 2.45) is 0 Å². The Hall–Kier alpha value is 0.530. The van der Waals surface area contributed by atoms with Crippen LogP contribution in [0, 0.1) is 0 Å². The minimum atomic E-state index is -0.955. The Balaban J connectivity index is 3.28. The van der Waals surface area contributed by atoms with Crippen LogP contribution in [-0.2, 0) is 4.79 Å². The van der Waals surface area contributed by atoms with Gasteiger partial charge in [-0.1, -0.05) is 39.1 Å². The first-order valence-corrected chi connectivity index (χ1v) is 4.29. The molecule has 0 aliphatic rings. The van der Waals surface area contributed by atoms with Crippen LogP contribution in [0.1, 0.15) is 0 Å². The van der Waals surface area contributed by atoms with Gasteiger partial charge in [0, 0.05) is 11.9 Å². The smallest absolute Gasteiger partial charge is 0.253 e. The van der Waals surface area contributed by atoms with E-state index in [0.717, 1.165) is 0 Å². The number of carbonyl (C=O) groups is 1. The minimum Gasteiger partial charge on any atom is -0.353 e. The quantitative estimate of drug-likeness (QED) is 0.734. The zero-order valence-electron chi connectivity index (χ0n) is 4.53. The second-order valence-electron chi connectivity index (χ2n) is 1.28. The molecule has 0 saturated carbocycles. The van der Waals surface area contributed by atoms with E-state index in [4.69, 9.17) is 23.2 Å². The van der Waals surface area contributed by atoms with Crippen LogP contribution < -0.4 is 5.32 Å². The molecular weight excluding hydrogens is 229 g/mol. The summed E-state index contributed by atoms with van der Waals surface area (Å²) in [5.74, 6) is -0.349. The summed E-state index contributed by atoms with van der Waals surface area (Å²) < 4.78 is 0. The summed E-state index contributed by atoms with van der Waals surface area (Å²) in [6.45, 7) is 0.550. The SMILES string of the molecule is O=C(NCCBr)C(Cl)Cl. The van der Waals surface area contributed by atoms with E-state index in [2.05, 4.69) is 21.2 Å². The van der Waals surface area contributed by atoms with Crippen LogP contribution in [0.25, 0.3) is 0 Å². The maximum absolute atomic E-state index is 10.5. The molecule has 54 valence electrons. The Morgan fingerprint density at radius 3 is 2.56 bits per heavy atom. The van der Waals surface area contributed by atoms with Crippen molar-refractivity contribution in [1.82, 2.24) is 5.32 Å². The number of rotatable bonds is 3. The Bertz CT molecular complexity index is 98.6. The van der Waals surface area contributed by atoms with Crippen molar-refractivity contribution in [2.75, 3.05) is 11.9 Å². The largest absolute Gasteiger partial charge is 0.353 e. The molecule has 0 aliphatic heterocycles. The number of nitrogens with one attached hydrogen (secondary N) is 1. The average molecular weight is 235 g/mol. The van der Waals surface area contributed by atoms with Crippen LogP contribution in [0.15, 0.2) is 0 Å². The van der Waals surface area contributed by atoms with Gasteiger partial charge < -0.3 is 5.32 Å². The summed E-state index contributed by atoms with van der Waals surface area (Å²) in [6, 6.07) is 0. The van der Waals surface area contributed by atoms with Crippen molar-refractivity contribution < 1.29 is 4.79 Å². The van der Waals surface area contributed by atoms with Crippen molar-refractivity contribution in [3.8, 4) is 0 Å². The van der Waals surface area contributed by atoms with Gasteiger partial charge in [-0.25, -0.2) is 0 Å². The molecule has 0 rings (SSSR count). The number of hydrogen-bond donors (Lipinski definition) is 1. The minimum absolute atomic E-state index is 0.349. The summed E-state index contributed by atoms with van der Waals surface area (Å²) in [5.41, 5.74) is 0. The highest BCUT2D eigenvalue weighted by molar-refractivity contribution is 9.09. The van der Waals surface area contributed by atoms with Crippen LogP contribution in [0.4, 0.5) is 0 Å². The highest BCUT2D eigenvalue weighted by atomic mass is 79.9. The van der Waals surface area contributed by atoms with Gasteiger partial charge >= 0.3 is 0 Å². The lowest BCUT2D eigenvalue weighted by Gasteiger charge is -2.00. The Morgan fingerprint density at radius 2 is 2.22 bits per heavy atom. The predicted molar refractivity (Wildman–Crippen MR) is 42.3 cm³/mol. The fourth-order valence-electron chi connectivity index (χ4n) is 0.248. The standard InChI is InChI=1S/C4H6BrCl2NO/c5-1-2-8-4(9)3(6)7/h3H,1-2H2,(H,8,9).